The van der Waals surface area contributed by atoms with Crippen LogP contribution < -0.4 is 0 Å². The third kappa shape index (κ3) is 4.13. The second-order valence-electron chi connectivity index (χ2n) is 4.96. The van der Waals surface area contributed by atoms with Gasteiger partial charge in [0.25, 0.3) is 0 Å². The summed E-state index contributed by atoms with van der Waals surface area (Å²) in [5.41, 5.74) is 1.28. The van der Waals surface area contributed by atoms with Gasteiger partial charge in [-0.2, -0.15) is 0 Å². The van der Waals surface area contributed by atoms with Crippen LogP contribution in [0, 0.1) is 5.92 Å². The highest BCUT2D eigenvalue weighted by Crippen LogP contribution is 2.23. The Kier molecular flexibility index (Phi) is 5.08. The first-order valence-electron chi connectivity index (χ1n) is 6.85. The molecular formula is C15H20ClNO2. The predicted octanol–water partition coefficient (Wildman–Crippen LogP) is 3.75. The number of rotatable bonds is 3. The standard InChI is InChI=1S/C15H20ClNO2/c1-2-19-15(18)17-8-6-12(7-9-17)10-13-4-3-5-14(16)11-13/h3-5,11-12H,2,6-10H2,1H3. The zero-order chi connectivity index (χ0) is 13.7. The van der Waals surface area contributed by atoms with Crippen LogP contribution in [0.1, 0.15) is 25.3 Å². The van der Waals surface area contributed by atoms with Crippen LogP contribution in [0.25, 0.3) is 0 Å². The monoisotopic (exact) mass is 281 g/mol. The van der Waals surface area contributed by atoms with Crippen molar-refractivity contribution in [3.05, 3.63) is 34.9 Å². The maximum atomic E-state index is 11.6. The van der Waals surface area contributed by atoms with Crippen molar-refractivity contribution in [3.8, 4) is 0 Å². The molecule has 1 aromatic rings. The van der Waals surface area contributed by atoms with Crippen molar-refractivity contribution in [2.45, 2.75) is 26.2 Å². The van der Waals surface area contributed by atoms with Crippen molar-refractivity contribution in [1.82, 2.24) is 4.90 Å². The number of hydrogen-bond acceptors (Lipinski definition) is 2. The number of hydrogen-bond donors (Lipinski definition) is 0. The highest BCUT2D eigenvalue weighted by Gasteiger charge is 2.23. The van der Waals surface area contributed by atoms with E-state index in [1.807, 2.05) is 25.1 Å². The molecular weight excluding hydrogens is 262 g/mol. The van der Waals surface area contributed by atoms with Gasteiger partial charge in [0.1, 0.15) is 0 Å². The van der Waals surface area contributed by atoms with Crippen LogP contribution >= 0.6 is 11.6 Å². The zero-order valence-corrected chi connectivity index (χ0v) is 12.0. The summed E-state index contributed by atoms with van der Waals surface area (Å²) in [6.07, 6.45) is 2.93. The molecule has 1 aliphatic heterocycles. The van der Waals surface area contributed by atoms with Crippen LogP contribution in [0.3, 0.4) is 0 Å². The normalized spacial score (nSPS) is 16.4. The molecule has 1 heterocycles. The van der Waals surface area contributed by atoms with E-state index in [0.717, 1.165) is 37.4 Å². The summed E-state index contributed by atoms with van der Waals surface area (Å²) in [5.74, 6) is 0.629. The first-order chi connectivity index (χ1) is 9.19. The molecule has 1 fully saturated rings. The minimum atomic E-state index is -0.177. The van der Waals surface area contributed by atoms with E-state index in [1.165, 1.54) is 5.56 Å². The topological polar surface area (TPSA) is 29.5 Å². The third-order valence-electron chi connectivity index (χ3n) is 3.55. The lowest BCUT2D eigenvalue weighted by atomic mass is 9.90. The Hall–Kier alpha value is -1.22. The number of ether oxygens (including phenoxy) is 1. The highest BCUT2D eigenvalue weighted by molar-refractivity contribution is 6.30. The minimum absolute atomic E-state index is 0.177. The van der Waals surface area contributed by atoms with E-state index in [9.17, 15) is 4.79 Å². The molecule has 19 heavy (non-hydrogen) atoms. The fraction of sp³-hybridized carbons (Fsp3) is 0.533. The lowest BCUT2D eigenvalue weighted by Crippen LogP contribution is -2.39. The Balaban J connectivity index is 1.82. The van der Waals surface area contributed by atoms with Gasteiger partial charge in [0, 0.05) is 18.1 Å². The average Bonchev–Trinajstić information content (AvgIpc) is 2.40. The number of halogens is 1. The number of likely N-dealkylation sites (tertiary alicyclic amines) is 1. The van der Waals surface area contributed by atoms with Gasteiger partial charge >= 0.3 is 6.09 Å². The van der Waals surface area contributed by atoms with Crippen LogP contribution in [-0.2, 0) is 11.2 Å². The van der Waals surface area contributed by atoms with Gasteiger partial charge in [-0.3, -0.25) is 0 Å². The quantitative estimate of drug-likeness (QED) is 0.844. The van der Waals surface area contributed by atoms with Gasteiger partial charge in [0.2, 0.25) is 0 Å². The van der Waals surface area contributed by atoms with Crippen molar-refractivity contribution in [2.75, 3.05) is 19.7 Å². The van der Waals surface area contributed by atoms with Crippen molar-refractivity contribution in [1.29, 1.82) is 0 Å². The van der Waals surface area contributed by atoms with Crippen molar-refractivity contribution in [3.63, 3.8) is 0 Å². The summed E-state index contributed by atoms with van der Waals surface area (Å²) >= 11 is 5.99. The van der Waals surface area contributed by atoms with Gasteiger partial charge in [0.15, 0.2) is 0 Å². The predicted molar refractivity (Wildman–Crippen MR) is 76.5 cm³/mol. The second-order valence-corrected chi connectivity index (χ2v) is 5.40. The van der Waals surface area contributed by atoms with E-state index in [-0.39, 0.29) is 6.09 Å². The van der Waals surface area contributed by atoms with E-state index < -0.39 is 0 Å². The lowest BCUT2D eigenvalue weighted by Gasteiger charge is -2.31. The van der Waals surface area contributed by atoms with Crippen LogP contribution in [0.4, 0.5) is 4.79 Å². The van der Waals surface area contributed by atoms with E-state index in [4.69, 9.17) is 16.3 Å². The summed E-state index contributed by atoms with van der Waals surface area (Å²) in [5, 5.41) is 0.793. The molecule has 0 bridgehead atoms. The van der Waals surface area contributed by atoms with Gasteiger partial charge in [-0.15, -0.1) is 0 Å². The molecule has 0 atom stereocenters. The number of carbonyl (C=O) groups is 1. The van der Waals surface area contributed by atoms with E-state index in [0.29, 0.717) is 12.5 Å². The summed E-state index contributed by atoms with van der Waals surface area (Å²) in [4.78, 5) is 13.4. The summed E-state index contributed by atoms with van der Waals surface area (Å²) in [7, 11) is 0. The third-order valence-corrected chi connectivity index (χ3v) is 3.79. The van der Waals surface area contributed by atoms with E-state index in [2.05, 4.69) is 6.07 Å². The fourth-order valence-electron chi connectivity index (χ4n) is 2.53. The molecule has 1 amide bonds. The van der Waals surface area contributed by atoms with Crippen LogP contribution in [0.2, 0.25) is 5.02 Å². The Morgan fingerprint density at radius 1 is 1.42 bits per heavy atom. The second kappa shape index (κ2) is 6.80. The molecule has 4 heteroatoms. The molecule has 0 unspecified atom stereocenters. The van der Waals surface area contributed by atoms with Gasteiger partial charge in [-0.1, -0.05) is 23.7 Å². The Labute approximate surface area is 119 Å². The van der Waals surface area contributed by atoms with Gasteiger partial charge in [-0.05, 0) is 49.8 Å². The molecule has 1 aliphatic rings. The number of carbonyl (C=O) groups excluding carboxylic acids is 1. The van der Waals surface area contributed by atoms with Crippen molar-refractivity contribution in [2.24, 2.45) is 5.92 Å². The Bertz CT molecular complexity index is 428. The smallest absolute Gasteiger partial charge is 0.409 e. The molecule has 0 spiro atoms. The maximum Gasteiger partial charge on any atom is 0.409 e. The minimum Gasteiger partial charge on any atom is -0.450 e. The van der Waals surface area contributed by atoms with Gasteiger partial charge < -0.3 is 9.64 Å². The summed E-state index contributed by atoms with van der Waals surface area (Å²) in [6.45, 7) is 3.87. The molecule has 0 radical (unpaired) electrons. The average molecular weight is 282 g/mol. The molecule has 3 nitrogen and oxygen atoms in total. The number of amides is 1. The first-order valence-corrected chi connectivity index (χ1v) is 7.23. The van der Waals surface area contributed by atoms with Crippen LogP contribution in [-0.4, -0.2) is 30.7 Å². The molecule has 1 saturated heterocycles. The van der Waals surface area contributed by atoms with Crippen LogP contribution in [0.5, 0.6) is 0 Å². The molecule has 0 aliphatic carbocycles. The Morgan fingerprint density at radius 2 is 2.16 bits per heavy atom. The molecule has 104 valence electrons. The molecule has 0 aromatic heterocycles. The van der Waals surface area contributed by atoms with Gasteiger partial charge in [-0.25, -0.2) is 4.79 Å². The summed E-state index contributed by atoms with van der Waals surface area (Å²) < 4.78 is 5.02. The fourth-order valence-corrected chi connectivity index (χ4v) is 2.74. The number of nitrogens with zero attached hydrogens (tertiary/aromatic N) is 1. The molecule has 0 N–H and O–H groups in total. The lowest BCUT2D eigenvalue weighted by molar-refractivity contribution is 0.0918. The number of benzene rings is 1. The summed E-state index contributed by atoms with van der Waals surface area (Å²) in [6, 6.07) is 8.03. The molecule has 2 rings (SSSR count). The Morgan fingerprint density at radius 3 is 2.79 bits per heavy atom. The highest BCUT2D eigenvalue weighted by atomic mass is 35.5. The first kappa shape index (κ1) is 14.2. The number of piperidine rings is 1. The van der Waals surface area contributed by atoms with Crippen molar-refractivity contribution >= 4 is 17.7 Å². The van der Waals surface area contributed by atoms with Crippen LogP contribution in [0.15, 0.2) is 24.3 Å². The maximum absolute atomic E-state index is 11.6. The zero-order valence-electron chi connectivity index (χ0n) is 11.3. The molecule has 1 aromatic carbocycles. The van der Waals surface area contributed by atoms with E-state index in [1.54, 1.807) is 4.90 Å². The largest absolute Gasteiger partial charge is 0.450 e. The SMILES string of the molecule is CCOC(=O)N1CCC(Cc2cccc(Cl)c2)CC1. The van der Waals surface area contributed by atoms with Crippen molar-refractivity contribution < 1.29 is 9.53 Å². The molecule has 0 saturated carbocycles. The van der Waals surface area contributed by atoms with E-state index >= 15 is 0 Å². The van der Waals surface area contributed by atoms with Gasteiger partial charge in [0.05, 0.1) is 6.61 Å².